The molecule has 7 nitrogen and oxygen atoms in total. The normalized spacial score (nSPS) is 20.0. The van der Waals surface area contributed by atoms with Gasteiger partial charge >= 0.3 is 0 Å². The maximum absolute atomic E-state index is 13.1. The first kappa shape index (κ1) is 20.1. The van der Waals surface area contributed by atoms with E-state index >= 15 is 0 Å². The van der Waals surface area contributed by atoms with Crippen molar-refractivity contribution in [3.63, 3.8) is 0 Å². The molecule has 1 heterocycles. The Labute approximate surface area is 163 Å². The number of halogens is 1. The van der Waals surface area contributed by atoms with Gasteiger partial charge in [-0.25, -0.2) is 8.60 Å². The summed E-state index contributed by atoms with van der Waals surface area (Å²) in [5.41, 5.74) is 0.722. The molecule has 2 aromatic carbocycles. The van der Waals surface area contributed by atoms with Crippen molar-refractivity contribution in [2.24, 2.45) is 0 Å². The van der Waals surface area contributed by atoms with Crippen molar-refractivity contribution in [1.29, 1.82) is 0 Å². The maximum Gasteiger partial charge on any atom is 0.254 e. The zero-order valence-corrected chi connectivity index (χ0v) is 15.8. The van der Waals surface area contributed by atoms with Crippen molar-refractivity contribution >= 4 is 28.6 Å². The van der Waals surface area contributed by atoms with Crippen LogP contribution in [0.2, 0.25) is 0 Å². The Morgan fingerprint density at radius 2 is 1.82 bits per heavy atom. The Balaban J connectivity index is 1.76. The van der Waals surface area contributed by atoms with Gasteiger partial charge in [0.05, 0.1) is 11.0 Å². The summed E-state index contributed by atoms with van der Waals surface area (Å²) in [7, 11) is 1.51. The van der Waals surface area contributed by atoms with Crippen molar-refractivity contribution in [3.8, 4) is 0 Å². The van der Waals surface area contributed by atoms with Crippen LogP contribution in [0.1, 0.15) is 16.8 Å². The van der Waals surface area contributed by atoms with Crippen LogP contribution in [0.5, 0.6) is 0 Å². The summed E-state index contributed by atoms with van der Waals surface area (Å²) in [4.78, 5) is 27.2. The van der Waals surface area contributed by atoms with Crippen LogP contribution in [-0.2, 0) is 20.6 Å². The Kier molecular flexibility index (Phi) is 6.18. The molecular formula is C19H19FN2O5S. The highest BCUT2D eigenvalue weighted by molar-refractivity contribution is 7.79. The lowest BCUT2D eigenvalue weighted by molar-refractivity contribution is -0.119. The fourth-order valence-electron chi connectivity index (χ4n) is 3.08. The zero-order chi connectivity index (χ0) is 20.3. The third-order valence-electron chi connectivity index (χ3n) is 4.57. The number of likely N-dealkylation sites (tertiary alicyclic amines) is 1. The summed E-state index contributed by atoms with van der Waals surface area (Å²) in [6.07, 6.45) is 0.0351. The van der Waals surface area contributed by atoms with Gasteiger partial charge in [-0.2, -0.15) is 0 Å². The number of benzene rings is 2. The summed E-state index contributed by atoms with van der Waals surface area (Å²) in [6, 6.07) is 10.3. The van der Waals surface area contributed by atoms with E-state index in [1.807, 2.05) is 0 Å². The average Bonchev–Trinajstić information content (AvgIpc) is 3.13. The highest BCUT2D eigenvalue weighted by atomic mass is 32.2. The van der Waals surface area contributed by atoms with Gasteiger partial charge in [-0.15, -0.1) is 0 Å². The number of ether oxygens (including phenoxy) is 1. The fourth-order valence-corrected chi connectivity index (χ4v) is 3.45. The molecule has 1 fully saturated rings. The summed E-state index contributed by atoms with van der Waals surface area (Å²) in [5, 5.41) is 2.71. The number of amides is 2. The molecule has 1 aliphatic rings. The lowest BCUT2D eigenvalue weighted by atomic mass is 10.1. The van der Waals surface area contributed by atoms with E-state index in [4.69, 9.17) is 9.29 Å². The average molecular weight is 406 g/mol. The van der Waals surface area contributed by atoms with Crippen molar-refractivity contribution in [1.82, 2.24) is 4.90 Å². The van der Waals surface area contributed by atoms with Crippen LogP contribution in [0.3, 0.4) is 0 Å². The van der Waals surface area contributed by atoms with Gasteiger partial charge in [0.15, 0.2) is 11.1 Å². The second kappa shape index (κ2) is 8.59. The molecule has 0 bridgehead atoms. The standard InChI is InChI=1S/C19H19FN2O5S/c1-27-15-10-17(18(23)21-14-6-8-16(9-7-14)28(25)26)22(11-15)19(24)12-2-4-13(20)5-3-12/h2-9,15,17H,10-11H2,1H3,(H,21,23)(H,25,26)/t15-,17-/m0/s1. The minimum absolute atomic E-state index is 0.214. The number of methoxy groups -OCH3 is 1. The zero-order valence-electron chi connectivity index (χ0n) is 15.0. The molecule has 1 unspecified atom stereocenters. The van der Waals surface area contributed by atoms with Crippen molar-refractivity contribution < 1.29 is 27.5 Å². The molecule has 3 atom stereocenters. The van der Waals surface area contributed by atoms with Gasteiger partial charge in [-0.1, -0.05) is 0 Å². The van der Waals surface area contributed by atoms with Gasteiger partial charge in [0.1, 0.15) is 11.9 Å². The molecule has 0 radical (unpaired) electrons. The number of nitrogens with zero attached hydrogens (tertiary/aromatic N) is 1. The predicted octanol–water partition coefficient (Wildman–Crippen LogP) is 2.27. The predicted molar refractivity (Wildman–Crippen MR) is 101 cm³/mol. The quantitative estimate of drug-likeness (QED) is 0.743. The van der Waals surface area contributed by atoms with E-state index in [1.165, 1.54) is 60.5 Å². The summed E-state index contributed by atoms with van der Waals surface area (Å²) >= 11 is -2.10. The second-order valence-electron chi connectivity index (χ2n) is 6.34. The van der Waals surface area contributed by atoms with Crippen LogP contribution >= 0.6 is 0 Å². The molecule has 0 aromatic heterocycles. The molecule has 9 heteroatoms. The lowest BCUT2D eigenvalue weighted by Gasteiger charge is -2.23. The molecule has 1 saturated heterocycles. The molecule has 28 heavy (non-hydrogen) atoms. The van der Waals surface area contributed by atoms with E-state index in [0.717, 1.165) is 0 Å². The molecule has 0 aliphatic carbocycles. The monoisotopic (exact) mass is 406 g/mol. The summed E-state index contributed by atoms with van der Waals surface area (Å²) < 4.78 is 38.5. The molecular weight excluding hydrogens is 387 g/mol. The van der Waals surface area contributed by atoms with E-state index in [9.17, 15) is 18.2 Å². The van der Waals surface area contributed by atoms with E-state index in [-0.39, 0.29) is 29.0 Å². The van der Waals surface area contributed by atoms with Gasteiger partial charge in [0.2, 0.25) is 5.91 Å². The lowest BCUT2D eigenvalue weighted by Crippen LogP contribution is -2.43. The minimum atomic E-state index is -2.10. The third kappa shape index (κ3) is 4.44. The first-order chi connectivity index (χ1) is 13.4. The van der Waals surface area contributed by atoms with E-state index < -0.39 is 28.8 Å². The molecule has 0 saturated carbocycles. The van der Waals surface area contributed by atoms with Crippen LogP contribution in [0.4, 0.5) is 10.1 Å². The Hall–Kier alpha value is -2.62. The van der Waals surface area contributed by atoms with Crippen LogP contribution in [-0.4, -0.2) is 51.3 Å². The molecule has 2 amide bonds. The van der Waals surface area contributed by atoms with Gasteiger partial charge in [0, 0.05) is 31.3 Å². The van der Waals surface area contributed by atoms with E-state index in [1.54, 1.807) is 0 Å². The summed E-state index contributed by atoms with van der Waals surface area (Å²) in [5.74, 6) is -1.23. The number of anilines is 1. The highest BCUT2D eigenvalue weighted by Crippen LogP contribution is 2.24. The van der Waals surface area contributed by atoms with Crippen LogP contribution in [0.15, 0.2) is 53.4 Å². The molecule has 148 valence electrons. The number of nitrogens with one attached hydrogen (secondary N) is 1. The van der Waals surface area contributed by atoms with Gasteiger partial charge < -0.3 is 19.5 Å². The minimum Gasteiger partial charge on any atom is -0.380 e. The van der Waals surface area contributed by atoms with E-state index in [2.05, 4.69) is 5.32 Å². The summed E-state index contributed by atoms with van der Waals surface area (Å²) in [6.45, 7) is 0.243. The number of rotatable bonds is 5. The SMILES string of the molecule is CO[C@H]1C[C@@H](C(=O)Nc2ccc(S(=O)O)cc2)N(C(=O)c2ccc(F)cc2)C1. The molecule has 3 rings (SSSR count). The third-order valence-corrected chi connectivity index (χ3v) is 5.25. The van der Waals surface area contributed by atoms with Crippen LogP contribution in [0.25, 0.3) is 0 Å². The van der Waals surface area contributed by atoms with Gasteiger partial charge in [-0.05, 0) is 48.5 Å². The fraction of sp³-hybridized carbons (Fsp3) is 0.263. The van der Waals surface area contributed by atoms with Crippen LogP contribution in [0, 0.1) is 5.82 Å². The van der Waals surface area contributed by atoms with Crippen molar-refractivity contribution in [3.05, 3.63) is 59.9 Å². The molecule has 0 spiro atoms. The topological polar surface area (TPSA) is 95.9 Å². The first-order valence-corrected chi connectivity index (χ1v) is 9.61. The van der Waals surface area contributed by atoms with E-state index in [0.29, 0.717) is 12.1 Å². The molecule has 2 N–H and O–H groups in total. The highest BCUT2D eigenvalue weighted by Gasteiger charge is 2.40. The van der Waals surface area contributed by atoms with Crippen LogP contribution < -0.4 is 5.32 Å². The number of hydrogen-bond donors (Lipinski definition) is 2. The number of carbonyl (C=O) groups is 2. The number of carbonyl (C=O) groups excluding carboxylic acids is 2. The molecule has 1 aliphatic heterocycles. The van der Waals surface area contributed by atoms with Crippen molar-refractivity contribution in [2.45, 2.75) is 23.5 Å². The van der Waals surface area contributed by atoms with Gasteiger partial charge in [0.25, 0.3) is 5.91 Å². The maximum atomic E-state index is 13.1. The molecule has 2 aromatic rings. The largest absolute Gasteiger partial charge is 0.380 e. The second-order valence-corrected chi connectivity index (χ2v) is 7.31. The number of hydrogen-bond acceptors (Lipinski definition) is 4. The van der Waals surface area contributed by atoms with Crippen molar-refractivity contribution in [2.75, 3.05) is 19.0 Å². The van der Waals surface area contributed by atoms with Gasteiger partial charge in [-0.3, -0.25) is 9.59 Å². The Morgan fingerprint density at radius 3 is 2.39 bits per heavy atom. The Bertz CT molecular complexity index is 888. The smallest absolute Gasteiger partial charge is 0.254 e. The first-order valence-electron chi connectivity index (χ1n) is 8.50. The Morgan fingerprint density at radius 1 is 1.18 bits per heavy atom.